The minimum atomic E-state index is -0.968. The average Bonchev–Trinajstić information content (AvgIpc) is 2.84. The molecule has 2 rings (SSSR count). The molecule has 1 atom stereocenters. The van der Waals surface area contributed by atoms with Crippen molar-refractivity contribution in [3.05, 3.63) is 28.8 Å². The quantitative estimate of drug-likeness (QED) is 0.863. The number of rotatable bonds is 5. The highest BCUT2D eigenvalue weighted by Crippen LogP contribution is 2.22. The predicted molar refractivity (Wildman–Crippen MR) is 70.4 cm³/mol. The van der Waals surface area contributed by atoms with Crippen LogP contribution < -0.4 is 5.32 Å². The lowest BCUT2D eigenvalue weighted by Gasteiger charge is -2.12. The van der Waals surface area contributed by atoms with Crippen LogP contribution in [0.15, 0.2) is 18.2 Å². The summed E-state index contributed by atoms with van der Waals surface area (Å²) in [6, 6.07) is 4.86. The summed E-state index contributed by atoms with van der Waals surface area (Å²) >= 11 is 5.79. The summed E-state index contributed by atoms with van der Waals surface area (Å²) in [5.41, 5.74) is 0.830. The van der Waals surface area contributed by atoms with Crippen LogP contribution in [-0.4, -0.2) is 30.8 Å². The second-order valence-electron chi connectivity index (χ2n) is 4.44. The standard InChI is InChI=1S/C13H16ClNO3/c14-10-1-2-12(11(7-10)13(16)17)15-5-3-9-4-6-18-8-9/h1-2,7,9,15H,3-6,8H2,(H,16,17). The Balaban J connectivity index is 1.93. The first-order chi connectivity index (χ1) is 8.66. The van der Waals surface area contributed by atoms with Crippen LogP contribution in [0.4, 0.5) is 5.69 Å². The Hall–Kier alpha value is -1.26. The number of carboxylic acid groups (broad SMARTS) is 1. The van der Waals surface area contributed by atoms with Crippen molar-refractivity contribution in [2.45, 2.75) is 12.8 Å². The highest BCUT2D eigenvalue weighted by Gasteiger charge is 2.15. The van der Waals surface area contributed by atoms with E-state index in [1.165, 1.54) is 6.07 Å². The normalized spacial score (nSPS) is 18.8. The van der Waals surface area contributed by atoms with Crippen LogP contribution in [0.2, 0.25) is 5.02 Å². The van der Waals surface area contributed by atoms with Gasteiger partial charge in [0, 0.05) is 30.5 Å². The number of halogens is 1. The summed E-state index contributed by atoms with van der Waals surface area (Å²) in [4.78, 5) is 11.1. The molecule has 1 aliphatic rings. The van der Waals surface area contributed by atoms with E-state index in [2.05, 4.69) is 5.32 Å². The van der Waals surface area contributed by atoms with E-state index in [0.29, 0.717) is 16.6 Å². The van der Waals surface area contributed by atoms with Crippen LogP contribution in [0, 0.1) is 5.92 Å². The molecule has 0 radical (unpaired) electrons. The van der Waals surface area contributed by atoms with E-state index in [1.807, 2.05) is 0 Å². The van der Waals surface area contributed by atoms with Crippen molar-refractivity contribution in [3.63, 3.8) is 0 Å². The second-order valence-corrected chi connectivity index (χ2v) is 4.88. The average molecular weight is 270 g/mol. The number of aromatic carboxylic acids is 1. The van der Waals surface area contributed by atoms with Crippen LogP contribution in [0.1, 0.15) is 23.2 Å². The van der Waals surface area contributed by atoms with E-state index < -0.39 is 5.97 Å². The van der Waals surface area contributed by atoms with Crippen molar-refractivity contribution < 1.29 is 14.6 Å². The van der Waals surface area contributed by atoms with E-state index >= 15 is 0 Å². The van der Waals surface area contributed by atoms with E-state index in [4.69, 9.17) is 21.4 Å². The Morgan fingerprint density at radius 1 is 1.56 bits per heavy atom. The molecule has 0 aromatic heterocycles. The van der Waals surface area contributed by atoms with Gasteiger partial charge >= 0.3 is 5.97 Å². The lowest BCUT2D eigenvalue weighted by Crippen LogP contribution is -2.11. The molecule has 0 bridgehead atoms. The Kier molecular flexibility index (Phi) is 4.44. The molecule has 98 valence electrons. The molecule has 0 aliphatic carbocycles. The summed E-state index contributed by atoms with van der Waals surface area (Å²) in [6.45, 7) is 2.40. The van der Waals surface area contributed by atoms with Gasteiger partial charge in [-0.3, -0.25) is 0 Å². The van der Waals surface area contributed by atoms with Crippen LogP contribution in [0.5, 0.6) is 0 Å². The van der Waals surface area contributed by atoms with Crippen LogP contribution in [0.3, 0.4) is 0 Å². The number of ether oxygens (including phenoxy) is 1. The third kappa shape index (κ3) is 3.37. The Bertz CT molecular complexity index is 430. The minimum Gasteiger partial charge on any atom is -0.478 e. The largest absolute Gasteiger partial charge is 0.478 e. The zero-order chi connectivity index (χ0) is 13.0. The summed E-state index contributed by atoms with van der Waals surface area (Å²) < 4.78 is 5.30. The number of nitrogens with one attached hydrogen (secondary N) is 1. The molecule has 1 aliphatic heterocycles. The Labute approximate surface area is 111 Å². The van der Waals surface area contributed by atoms with Crippen molar-refractivity contribution in [1.82, 2.24) is 0 Å². The molecule has 1 fully saturated rings. The van der Waals surface area contributed by atoms with E-state index in [0.717, 1.165) is 32.6 Å². The van der Waals surface area contributed by atoms with E-state index in [-0.39, 0.29) is 5.56 Å². The smallest absolute Gasteiger partial charge is 0.337 e. The SMILES string of the molecule is O=C(O)c1cc(Cl)ccc1NCCC1CCOC1. The fraction of sp³-hybridized carbons (Fsp3) is 0.462. The van der Waals surface area contributed by atoms with Crippen molar-refractivity contribution in [2.75, 3.05) is 25.1 Å². The van der Waals surface area contributed by atoms with Gasteiger partial charge in [0.15, 0.2) is 0 Å². The monoisotopic (exact) mass is 269 g/mol. The second kappa shape index (κ2) is 6.07. The van der Waals surface area contributed by atoms with Gasteiger partial charge in [-0.15, -0.1) is 0 Å². The topological polar surface area (TPSA) is 58.6 Å². The van der Waals surface area contributed by atoms with Gasteiger partial charge in [0.1, 0.15) is 0 Å². The predicted octanol–water partition coefficient (Wildman–Crippen LogP) is 2.88. The van der Waals surface area contributed by atoms with Gasteiger partial charge in [0.2, 0.25) is 0 Å². The maximum atomic E-state index is 11.1. The minimum absolute atomic E-state index is 0.213. The molecular formula is C13H16ClNO3. The Morgan fingerprint density at radius 2 is 2.39 bits per heavy atom. The van der Waals surface area contributed by atoms with Gasteiger partial charge < -0.3 is 15.2 Å². The molecule has 1 saturated heterocycles. The van der Waals surface area contributed by atoms with Gasteiger partial charge in [0.05, 0.1) is 5.56 Å². The number of anilines is 1. The number of carbonyl (C=O) groups is 1. The lowest BCUT2D eigenvalue weighted by atomic mass is 10.1. The fourth-order valence-corrected chi connectivity index (χ4v) is 2.24. The van der Waals surface area contributed by atoms with Gasteiger partial charge in [-0.05, 0) is 37.0 Å². The molecule has 0 saturated carbocycles. The van der Waals surface area contributed by atoms with Crippen molar-refractivity contribution in [1.29, 1.82) is 0 Å². The van der Waals surface area contributed by atoms with Crippen molar-refractivity contribution >= 4 is 23.3 Å². The van der Waals surface area contributed by atoms with Crippen LogP contribution >= 0.6 is 11.6 Å². The van der Waals surface area contributed by atoms with E-state index in [9.17, 15) is 4.79 Å². The summed E-state index contributed by atoms with van der Waals surface area (Å²) in [5, 5.41) is 12.7. The van der Waals surface area contributed by atoms with Gasteiger partial charge in [-0.1, -0.05) is 11.6 Å². The fourth-order valence-electron chi connectivity index (χ4n) is 2.07. The summed E-state index contributed by atoms with van der Waals surface area (Å²) in [6.07, 6.45) is 2.08. The van der Waals surface area contributed by atoms with E-state index in [1.54, 1.807) is 12.1 Å². The summed E-state index contributed by atoms with van der Waals surface area (Å²) in [7, 11) is 0. The molecule has 4 nitrogen and oxygen atoms in total. The molecule has 2 N–H and O–H groups in total. The molecule has 1 heterocycles. The zero-order valence-corrected chi connectivity index (χ0v) is 10.7. The highest BCUT2D eigenvalue weighted by atomic mass is 35.5. The maximum Gasteiger partial charge on any atom is 0.337 e. The molecular weight excluding hydrogens is 254 g/mol. The first kappa shape index (κ1) is 13.2. The third-order valence-electron chi connectivity index (χ3n) is 3.10. The van der Waals surface area contributed by atoms with Crippen molar-refractivity contribution in [3.8, 4) is 0 Å². The highest BCUT2D eigenvalue weighted by molar-refractivity contribution is 6.31. The van der Waals surface area contributed by atoms with Crippen LogP contribution in [-0.2, 0) is 4.74 Å². The first-order valence-electron chi connectivity index (χ1n) is 6.01. The molecule has 0 amide bonds. The summed E-state index contributed by atoms with van der Waals surface area (Å²) in [5.74, 6) is -0.387. The van der Waals surface area contributed by atoms with Gasteiger partial charge in [0.25, 0.3) is 0 Å². The molecule has 5 heteroatoms. The first-order valence-corrected chi connectivity index (χ1v) is 6.39. The molecule has 1 aromatic carbocycles. The van der Waals surface area contributed by atoms with Crippen molar-refractivity contribution in [2.24, 2.45) is 5.92 Å². The third-order valence-corrected chi connectivity index (χ3v) is 3.34. The molecule has 1 unspecified atom stereocenters. The van der Waals surface area contributed by atoms with Gasteiger partial charge in [-0.25, -0.2) is 4.79 Å². The zero-order valence-electron chi connectivity index (χ0n) is 9.99. The number of hydrogen-bond donors (Lipinski definition) is 2. The van der Waals surface area contributed by atoms with Gasteiger partial charge in [-0.2, -0.15) is 0 Å². The molecule has 1 aromatic rings. The molecule has 18 heavy (non-hydrogen) atoms. The lowest BCUT2D eigenvalue weighted by molar-refractivity contribution is 0.0698. The Morgan fingerprint density at radius 3 is 3.06 bits per heavy atom. The number of hydrogen-bond acceptors (Lipinski definition) is 3. The molecule has 0 spiro atoms. The van der Waals surface area contributed by atoms with Crippen LogP contribution in [0.25, 0.3) is 0 Å². The maximum absolute atomic E-state index is 11.1. The number of carboxylic acids is 1. The number of benzene rings is 1.